The number of aromatic nitrogens is 1. The van der Waals surface area contributed by atoms with Crippen molar-refractivity contribution >= 4 is 32.6 Å². The van der Waals surface area contributed by atoms with Crippen LogP contribution in [0, 0.1) is 10.1 Å². The number of para-hydroxylation sites is 1. The fourth-order valence-corrected chi connectivity index (χ4v) is 3.95. The normalized spacial score (nSPS) is 12.7. The van der Waals surface area contributed by atoms with Crippen molar-refractivity contribution in [3.63, 3.8) is 0 Å². The van der Waals surface area contributed by atoms with Crippen molar-refractivity contribution in [2.75, 3.05) is 0 Å². The number of carbonyl (C=O) groups is 1. The summed E-state index contributed by atoms with van der Waals surface area (Å²) < 4.78 is 27.1. The molecule has 1 heterocycles. The van der Waals surface area contributed by atoms with Crippen molar-refractivity contribution < 1.29 is 23.2 Å². The second-order valence-corrected chi connectivity index (χ2v) is 7.54. The van der Waals surface area contributed by atoms with Crippen LogP contribution in [0.2, 0.25) is 0 Å². The van der Waals surface area contributed by atoms with Crippen molar-refractivity contribution in [1.82, 2.24) is 9.71 Å². The van der Waals surface area contributed by atoms with E-state index in [1.807, 2.05) is 12.1 Å². The topological polar surface area (TPSA) is 142 Å². The van der Waals surface area contributed by atoms with E-state index in [9.17, 15) is 28.4 Å². The lowest BCUT2D eigenvalue weighted by Crippen LogP contribution is -2.42. The van der Waals surface area contributed by atoms with Crippen LogP contribution in [0.4, 0.5) is 5.69 Å². The Morgan fingerprint density at radius 1 is 1.22 bits per heavy atom. The number of nitro groups is 1. The number of aromatic amines is 1. The van der Waals surface area contributed by atoms with Gasteiger partial charge >= 0.3 is 5.97 Å². The van der Waals surface area contributed by atoms with Gasteiger partial charge in [-0.3, -0.25) is 14.9 Å². The van der Waals surface area contributed by atoms with Gasteiger partial charge in [-0.1, -0.05) is 24.3 Å². The fourth-order valence-electron chi connectivity index (χ4n) is 2.72. The molecule has 3 N–H and O–H groups in total. The maximum absolute atomic E-state index is 12.5. The minimum absolute atomic E-state index is 0.0898. The number of rotatable bonds is 7. The highest BCUT2D eigenvalue weighted by Crippen LogP contribution is 2.21. The van der Waals surface area contributed by atoms with Gasteiger partial charge in [0.2, 0.25) is 10.0 Å². The lowest BCUT2D eigenvalue weighted by molar-refractivity contribution is -0.385. The van der Waals surface area contributed by atoms with Crippen molar-refractivity contribution in [2.24, 2.45) is 0 Å². The van der Waals surface area contributed by atoms with Crippen LogP contribution in [0.25, 0.3) is 10.9 Å². The molecule has 0 aliphatic rings. The van der Waals surface area contributed by atoms with Crippen LogP contribution < -0.4 is 4.72 Å². The number of fused-ring (bicyclic) bond motifs is 1. The Labute approximate surface area is 153 Å². The zero-order valence-electron chi connectivity index (χ0n) is 13.8. The van der Waals surface area contributed by atoms with Gasteiger partial charge in [0.1, 0.15) is 6.04 Å². The molecule has 0 aliphatic heterocycles. The molecule has 0 saturated carbocycles. The number of H-pyrrole nitrogens is 1. The number of nitrogens with one attached hydrogen (secondary N) is 2. The molecule has 2 aromatic carbocycles. The molecule has 10 heteroatoms. The first-order valence-electron chi connectivity index (χ1n) is 7.82. The number of aliphatic carboxylic acids is 1. The quantitative estimate of drug-likeness (QED) is 0.417. The van der Waals surface area contributed by atoms with E-state index < -0.39 is 32.6 Å². The van der Waals surface area contributed by atoms with Gasteiger partial charge in [0, 0.05) is 35.7 Å². The monoisotopic (exact) mass is 389 g/mol. The number of non-ortho nitro benzene ring substituents is 1. The molecule has 0 amide bonds. The molecule has 9 nitrogen and oxygen atoms in total. The Bertz CT molecular complexity index is 1120. The van der Waals surface area contributed by atoms with Crippen LogP contribution in [0.15, 0.2) is 59.6 Å². The second-order valence-electron chi connectivity index (χ2n) is 5.83. The molecule has 3 aromatic rings. The zero-order valence-corrected chi connectivity index (χ0v) is 14.6. The molecule has 140 valence electrons. The van der Waals surface area contributed by atoms with Gasteiger partial charge in [0.15, 0.2) is 0 Å². The van der Waals surface area contributed by atoms with Crippen LogP contribution in [-0.4, -0.2) is 35.4 Å². The molecule has 0 spiro atoms. The van der Waals surface area contributed by atoms with Gasteiger partial charge in [-0.25, -0.2) is 8.42 Å². The predicted molar refractivity (Wildman–Crippen MR) is 96.8 cm³/mol. The summed E-state index contributed by atoms with van der Waals surface area (Å²) >= 11 is 0. The maximum atomic E-state index is 12.5. The second kappa shape index (κ2) is 7.17. The SMILES string of the molecule is O=C(O)C(Cc1c[nH]c2ccccc12)NS(=O)(=O)c1cccc([N+](=O)[O-])c1. The number of hydrogen-bond donors (Lipinski definition) is 3. The van der Waals surface area contributed by atoms with E-state index in [2.05, 4.69) is 9.71 Å². The Kier molecular flexibility index (Phi) is 4.93. The Balaban J connectivity index is 1.89. The molecule has 1 atom stereocenters. The molecule has 0 saturated heterocycles. The van der Waals surface area contributed by atoms with E-state index in [4.69, 9.17) is 0 Å². The van der Waals surface area contributed by atoms with Crippen LogP contribution in [0.1, 0.15) is 5.56 Å². The van der Waals surface area contributed by atoms with Crippen molar-refractivity contribution in [3.8, 4) is 0 Å². The first kappa shape index (κ1) is 18.5. The minimum Gasteiger partial charge on any atom is -0.480 e. The number of nitro benzene ring substituents is 1. The highest BCUT2D eigenvalue weighted by Gasteiger charge is 2.27. The average Bonchev–Trinajstić information content (AvgIpc) is 3.04. The lowest BCUT2D eigenvalue weighted by atomic mass is 10.1. The first-order valence-corrected chi connectivity index (χ1v) is 9.31. The Morgan fingerprint density at radius 3 is 2.67 bits per heavy atom. The average molecular weight is 389 g/mol. The van der Waals surface area contributed by atoms with E-state index in [0.29, 0.717) is 5.56 Å². The van der Waals surface area contributed by atoms with E-state index in [0.717, 1.165) is 23.0 Å². The molecule has 3 rings (SSSR count). The van der Waals surface area contributed by atoms with Crippen LogP contribution >= 0.6 is 0 Å². The number of sulfonamides is 1. The molecule has 0 radical (unpaired) electrons. The van der Waals surface area contributed by atoms with E-state index in [1.54, 1.807) is 18.3 Å². The van der Waals surface area contributed by atoms with Gasteiger partial charge in [-0.15, -0.1) is 0 Å². The molecule has 1 aromatic heterocycles. The van der Waals surface area contributed by atoms with Crippen LogP contribution in [0.5, 0.6) is 0 Å². The molecular weight excluding hydrogens is 374 g/mol. The lowest BCUT2D eigenvalue weighted by Gasteiger charge is -2.14. The molecule has 0 aliphatic carbocycles. The first-order chi connectivity index (χ1) is 12.8. The summed E-state index contributed by atoms with van der Waals surface area (Å²) in [6, 6.07) is 10.2. The number of carboxylic acid groups (broad SMARTS) is 1. The summed E-state index contributed by atoms with van der Waals surface area (Å²) in [5, 5.41) is 21.1. The number of nitrogens with zero attached hydrogens (tertiary/aromatic N) is 1. The maximum Gasteiger partial charge on any atom is 0.322 e. The van der Waals surface area contributed by atoms with E-state index in [-0.39, 0.29) is 11.3 Å². The Hall–Kier alpha value is -3.24. The molecule has 0 bridgehead atoms. The summed E-state index contributed by atoms with van der Waals surface area (Å²) in [5.41, 5.74) is 1.04. The standard InChI is InChI=1S/C17H15N3O6S/c21-17(22)16(8-11-10-18-15-7-2-1-6-14(11)15)19-27(25,26)13-5-3-4-12(9-13)20(23)24/h1-7,9-10,16,18-19H,8H2,(H,21,22). The highest BCUT2D eigenvalue weighted by molar-refractivity contribution is 7.89. The summed E-state index contributed by atoms with van der Waals surface area (Å²) in [7, 11) is -4.26. The molecule has 0 fully saturated rings. The van der Waals surface area contributed by atoms with Crippen molar-refractivity contribution in [3.05, 3.63) is 70.4 Å². The Morgan fingerprint density at radius 2 is 1.96 bits per heavy atom. The van der Waals surface area contributed by atoms with Gasteiger partial charge in [-0.2, -0.15) is 4.72 Å². The third kappa shape index (κ3) is 3.96. The van der Waals surface area contributed by atoms with Crippen LogP contribution in [0.3, 0.4) is 0 Å². The summed E-state index contributed by atoms with van der Waals surface area (Å²) in [5.74, 6) is -1.35. The third-order valence-electron chi connectivity index (χ3n) is 4.03. The van der Waals surface area contributed by atoms with Crippen molar-refractivity contribution in [2.45, 2.75) is 17.4 Å². The smallest absolute Gasteiger partial charge is 0.322 e. The van der Waals surface area contributed by atoms with Gasteiger partial charge in [0.05, 0.1) is 9.82 Å². The van der Waals surface area contributed by atoms with Gasteiger partial charge < -0.3 is 10.1 Å². The third-order valence-corrected chi connectivity index (χ3v) is 5.50. The number of benzene rings is 2. The molecule has 27 heavy (non-hydrogen) atoms. The van der Waals surface area contributed by atoms with E-state index >= 15 is 0 Å². The molecule has 1 unspecified atom stereocenters. The fraction of sp³-hybridized carbons (Fsp3) is 0.118. The number of carboxylic acids is 1. The summed E-state index contributed by atoms with van der Waals surface area (Å²) in [6.45, 7) is 0. The van der Waals surface area contributed by atoms with Crippen LogP contribution in [-0.2, 0) is 21.2 Å². The van der Waals surface area contributed by atoms with Gasteiger partial charge in [0.25, 0.3) is 5.69 Å². The number of hydrogen-bond acceptors (Lipinski definition) is 5. The predicted octanol–water partition coefficient (Wildman–Crippen LogP) is 2.05. The summed E-state index contributed by atoms with van der Waals surface area (Å²) in [6.07, 6.45) is 1.54. The van der Waals surface area contributed by atoms with Crippen molar-refractivity contribution in [1.29, 1.82) is 0 Å². The largest absolute Gasteiger partial charge is 0.480 e. The van der Waals surface area contributed by atoms with E-state index in [1.165, 1.54) is 12.1 Å². The molecular formula is C17H15N3O6S. The van der Waals surface area contributed by atoms with Gasteiger partial charge in [-0.05, 0) is 17.7 Å². The summed E-state index contributed by atoms with van der Waals surface area (Å²) in [4.78, 5) is 24.3. The zero-order chi connectivity index (χ0) is 19.6. The highest BCUT2D eigenvalue weighted by atomic mass is 32.2. The minimum atomic E-state index is -4.26.